The molecule has 0 saturated carbocycles. The number of rotatable bonds is 5. The van der Waals surface area contributed by atoms with Crippen molar-refractivity contribution in [3.05, 3.63) is 66.2 Å². The van der Waals surface area contributed by atoms with E-state index < -0.39 is 5.76 Å². The van der Waals surface area contributed by atoms with Gasteiger partial charge in [0, 0.05) is 16.1 Å². The van der Waals surface area contributed by atoms with Crippen LogP contribution in [0.2, 0.25) is 0 Å². The number of phenolic OH excluding ortho intramolecular Hbond substituents is 1. The van der Waals surface area contributed by atoms with Gasteiger partial charge in [-0.15, -0.1) is 0 Å². The van der Waals surface area contributed by atoms with Gasteiger partial charge < -0.3 is 10.4 Å². The van der Waals surface area contributed by atoms with E-state index in [0.717, 1.165) is 10.8 Å². The number of phenols is 1. The first-order chi connectivity index (χ1) is 13.0. The van der Waals surface area contributed by atoms with Crippen molar-refractivity contribution in [3.63, 3.8) is 0 Å². The Labute approximate surface area is 164 Å². The highest BCUT2D eigenvalue weighted by atomic mass is 32.2. The normalized spacial score (nSPS) is 11.2. The highest BCUT2D eigenvalue weighted by Gasteiger charge is 2.06. The number of thioether (sulfide) groups is 1. The summed E-state index contributed by atoms with van der Waals surface area (Å²) >= 11 is 5.64. The van der Waals surface area contributed by atoms with Gasteiger partial charge in [-0.3, -0.25) is 5.43 Å². The molecule has 0 atom stereocenters. The monoisotopic (exact) mass is 403 g/mol. The van der Waals surface area contributed by atoms with Crippen molar-refractivity contribution >= 4 is 51.8 Å². The summed E-state index contributed by atoms with van der Waals surface area (Å²) in [6.45, 7) is 0. The van der Waals surface area contributed by atoms with Gasteiger partial charge in [0.15, 0.2) is 5.11 Å². The van der Waals surface area contributed by atoms with Crippen molar-refractivity contribution in [1.29, 1.82) is 0 Å². The molecule has 27 heavy (non-hydrogen) atoms. The summed E-state index contributed by atoms with van der Waals surface area (Å²) in [6.07, 6.45) is 1.49. The van der Waals surface area contributed by atoms with Crippen LogP contribution in [0.3, 0.4) is 0 Å². The summed E-state index contributed by atoms with van der Waals surface area (Å²) in [5, 5.41) is 19.1. The predicted molar refractivity (Wildman–Crippen MR) is 111 cm³/mol. The van der Waals surface area contributed by atoms with Crippen molar-refractivity contribution in [3.8, 4) is 5.75 Å². The molecule has 0 aliphatic heterocycles. The van der Waals surface area contributed by atoms with E-state index in [4.69, 9.17) is 12.2 Å². The number of thiocarbonyl (C=S) groups is 1. The van der Waals surface area contributed by atoms with Crippen LogP contribution in [-0.4, -0.2) is 22.2 Å². The molecule has 0 bridgehead atoms. The summed E-state index contributed by atoms with van der Waals surface area (Å²) in [7, 11) is 0. The van der Waals surface area contributed by atoms with Gasteiger partial charge in [0.2, 0.25) is 0 Å². The molecule has 3 rings (SSSR count). The molecule has 0 aliphatic carbocycles. The number of hydrogen-bond donors (Lipinski definition) is 3. The lowest BCUT2D eigenvalue weighted by atomic mass is 10.0. The fraction of sp³-hybridized carbons (Fsp3) is 0.0526. The summed E-state index contributed by atoms with van der Waals surface area (Å²) in [5.74, 6) is -2.34. The third-order valence-electron chi connectivity index (χ3n) is 3.64. The van der Waals surface area contributed by atoms with Crippen molar-refractivity contribution in [2.45, 2.75) is 10.7 Å². The van der Waals surface area contributed by atoms with Crippen molar-refractivity contribution in [2.24, 2.45) is 5.10 Å². The maximum atomic E-state index is 12.3. The van der Waals surface area contributed by atoms with Crippen LogP contribution >= 0.6 is 24.0 Å². The largest absolute Gasteiger partial charge is 0.507 e. The van der Waals surface area contributed by atoms with Gasteiger partial charge in [-0.2, -0.15) is 13.9 Å². The number of alkyl halides is 2. The highest BCUT2D eigenvalue weighted by molar-refractivity contribution is 7.99. The quantitative estimate of drug-likeness (QED) is 0.237. The van der Waals surface area contributed by atoms with E-state index in [1.165, 1.54) is 6.21 Å². The predicted octanol–water partition coefficient (Wildman–Crippen LogP) is 5.18. The Morgan fingerprint density at radius 1 is 1.07 bits per heavy atom. The molecular weight excluding hydrogens is 388 g/mol. The molecule has 3 aromatic rings. The first-order valence-corrected chi connectivity index (χ1v) is 9.17. The number of fused-ring (bicyclic) bond motifs is 1. The average Bonchev–Trinajstić information content (AvgIpc) is 2.65. The van der Waals surface area contributed by atoms with Gasteiger partial charge in [-0.25, -0.2) is 0 Å². The number of anilines is 1. The number of halogens is 2. The molecule has 0 aromatic heterocycles. The maximum Gasteiger partial charge on any atom is 0.288 e. The zero-order valence-corrected chi connectivity index (χ0v) is 15.5. The van der Waals surface area contributed by atoms with E-state index >= 15 is 0 Å². The molecule has 0 spiro atoms. The van der Waals surface area contributed by atoms with E-state index in [1.54, 1.807) is 30.3 Å². The SMILES string of the molecule is Oc1ccc2ccccc2c1/C=N/NC(=S)Nc1ccc(SC(F)F)cc1. The van der Waals surface area contributed by atoms with Crippen molar-refractivity contribution in [2.75, 3.05) is 5.32 Å². The van der Waals surface area contributed by atoms with E-state index in [0.29, 0.717) is 27.9 Å². The molecule has 0 fully saturated rings. The van der Waals surface area contributed by atoms with Crippen LogP contribution in [0, 0.1) is 0 Å². The lowest BCUT2D eigenvalue weighted by Crippen LogP contribution is -2.23. The number of nitrogens with one attached hydrogen (secondary N) is 2. The van der Waals surface area contributed by atoms with Crippen LogP contribution in [-0.2, 0) is 0 Å². The number of aromatic hydroxyl groups is 1. The summed E-state index contributed by atoms with van der Waals surface area (Å²) in [5.41, 5.74) is 3.90. The first-order valence-electron chi connectivity index (χ1n) is 7.88. The molecule has 138 valence electrons. The fourth-order valence-electron chi connectivity index (χ4n) is 2.45. The van der Waals surface area contributed by atoms with E-state index in [1.807, 2.05) is 30.3 Å². The topological polar surface area (TPSA) is 56.7 Å². The zero-order valence-electron chi connectivity index (χ0n) is 13.9. The van der Waals surface area contributed by atoms with E-state index in [9.17, 15) is 13.9 Å². The van der Waals surface area contributed by atoms with E-state index in [2.05, 4.69) is 15.8 Å². The second-order valence-corrected chi connectivity index (χ2v) is 6.92. The highest BCUT2D eigenvalue weighted by Crippen LogP contribution is 2.26. The number of nitrogens with zero attached hydrogens (tertiary/aromatic N) is 1. The van der Waals surface area contributed by atoms with Crippen LogP contribution in [0.5, 0.6) is 5.75 Å². The summed E-state index contributed by atoms with van der Waals surface area (Å²) in [4.78, 5) is 0.471. The Balaban J connectivity index is 1.63. The van der Waals surface area contributed by atoms with Gasteiger partial charge in [0.1, 0.15) is 5.75 Å². The van der Waals surface area contributed by atoms with Gasteiger partial charge in [-0.1, -0.05) is 42.1 Å². The maximum absolute atomic E-state index is 12.3. The number of benzene rings is 3. The van der Waals surface area contributed by atoms with Crippen LogP contribution in [0.15, 0.2) is 70.7 Å². The lowest BCUT2D eigenvalue weighted by molar-refractivity contribution is 0.252. The lowest BCUT2D eigenvalue weighted by Gasteiger charge is -2.08. The van der Waals surface area contributed by atoms with Gasteiger partial charge in [0.25, 0.3) is 5.76 Å². The second-order valence-electron chi connectivity index (χ2n) is 5.45. The van der Waals surface area contributed by atoms with Crippen LogP contribution in [0.25, 0.3) is 10.8 Å². The molecule has 0 unspecified atom stereocenters. The minimum atomic E-state index is -2.45. The zero-order chi connectivity index (χ0) is 19.2. The molecule has 3 aromatic carbocycles. The molecule has 0 aliphatic rings. The Morgan fingerprint density at radius 3 is 2.56 bits per heavy atom. The van der Waals surface area contributed by atoms with Crippen molar-refractivity contribution < 1.29 is 13.9 Å². The Kier molecular flexibility index (Phi) is 6.20. The summed E-state index contributed by atoms with van der Waals surface area (Å²) in [6, 6.07) is 17.6. The second kappa shape index (κ2) is 8.79. The third kappa shape index (κ3) is 5.15. The number of hydrazone groups is 1. The van der Waals surface area contributed by atoms with Crippen molar-refractivity contribution in [1.82, 2.24) is 5.43 Å². The Bertz CT molecular complexity index is 978. The molecular formula is C19H15F2N3OS2. The Hall–Kier alpha value is -2.71. The molecule has 3 N–H and O–H groups in total. The fourth-order valence-corrected chi connectivity index (χ4v) is 3.12. The minimum absolute atomic E-state index is 0.116. The number of hydrogen-bond acceptors (Lipinski definition) is 4. The molecule has 0 heterocycles. The van der Waals surface area contributed by atoms with Crippen LogP contribution in [0.4, 0.5) is 14.5 Å². The van der Waals surface area contributed by atoms with Gasteiger partial charge in [0.05, 0.1) is 6.21 Å². The minimum Gasteiger partial charge on any atom is -0.507 e. The van der Waals surface area contributed by atoms with Gasteiger partial charge in [-0.05, 0) is 53.3 Å². The standard InChI is InChI=1S/C19H15F2N3OS2/c20-18(21)27-14-8-6-13(7-9-14)23-19(26)24-22-11-16-15-4-2-1-3-12(15)5-10-17(16)25/h1-11,18,25H,(H2,23,24,26)/b22-11+. The molecule has 8 heteroatoms. The third-order valence-corrected chi connectivity index (χ3v) is 4.56. The van der Waals surface area contributed by atoms with Crippen LogP contribution < -0.4 is 10.7 Å². The summed E-state index contributed by atoms with van der Waals surface area (Å²) < 4.78 is 24.6. The average molecular weight is 403 g/mol. The van der Waals surface area contributed by atoms with Crippen LogP contribution in [0.1, 0.15) is 5.56 Å². The molecule has 0 saturated heterocycles. The van der Waals surface area contributed by atoms with E-state index in [-0.39, 0.29) is 10.9 Å². The molecule has 0 radical (unpaired) electrons. The smallest absolute Gasteiger partial charge is 0.288 e. The molecule has 4 nitrogen and oxygen atoms in total. The van der Waals surface area contributed by atoms with Gasteiger partial charge >= 0.3 is 0 Å². The Morgan fingerprint density at radius 2 is 1.81 bits per heavy atom. The first kappa shape index (κ1) is 19.1. The molecule has 0 amide bonds.